The number of aldehydes is 1. The zero-order valence-electron chi connectivity index (χ0n) is 9.56. The summed E-state index contributed by atoms with van der Waals surface area (Å²) in [7, 11) is 1.57. The Labute approximate surface area is 93.5 Å². The maximum absolute atomic E-state index is 12.1. The molecule has 0 aromatic heterocycles. The number of carbonyl (C=O) groups excluding carboxylic acids is 3. The van der Waals surface area contributed by atoms with Gasteiger partial charge in [-0.1, -0.05) is 0 Å². The summed E-state index contributed by atoms with van der Waals surface area (Å²) in [6, 6.07) is -0.622. The van der Waals surface area contributed by atoms with Gasteiger partial charge >= 0.3 is 0 Å². The Kier molecular flexibility index (Phi) is 2.27. The Balaban J connectivity index is 2.44. The molecule has 0 spiro atoms. The maximum atomic E-state index is 12.1. The van der Waals surface area contributed by atoms with Crippen LogP contribution in [-0.2, 0) is 14.4 Å². The Morgan fingerprint density at radius 2 is 1.94 bits per heavy atom. The van der Waals surface area contributed by atoms with Crippen LogP contribution >= 0.6 is 0 Å². The van der Waals surface area contributed by atoms with Crippen LogP contribution in [0.2, 0.25) is 0 Å². The normalized spacial score (nSPS) is 38.2. The molecule has 0 radical (unpaired) electrons. The highest BCUT2D eigenvalue weighted by Crippen LogP contribution is 2.34. The van der Waals surface area contributed by atoms with Crippen LogP contribution in [0.1, 0.15) is 20.3 Å². The van der Waals surface area contributed by atoms with Crippen LogP contribution in [-0.4, -0.2) is 52.8 Å². The summed E-state index contributed by atoms with van der Waals surface area (Å²) < 4.78 is 0. The van der Waals surface area contributed by atoms with E-state index >= 15 is 0 Å². The third kappa shape index (κ3) is 1.07. The number of amides is 2. The highest BCUT2D eigenvalue weighted by atomic mass is 16.2. The van der Waals surface area contributed by atoms with Crippen molar-refractivity contribution < 1.29 is 14.4 Å². The predicted molar refractivity (Wildman–Crippen MR) is 55.1 cm³/mol. The average Bonchev–Trinajstić information content (AvgIpc) is 2.70. The highest BCUT2D eigenvalue weighted by Gasteiger charge is 2.60. The molecule has 0 aromatic carbocycles. The summed E-state index contributed by atoms with van der Waals surface area (Å²) in [5.41, 5.74) is -1.23. The zero-order valence-corrected chi connectivity index (χ0v) is 9.56. The Morgan fingerprint density at radius 3 is 2.44 bits per heavy atom. The van der Waals surface area contributed by atoms with Crippen molar-refractivity contribution in [2.45, 2.75) is 37.9 Å². The molecule has 6 heteroatoms. The van der Waals surface area contributed by atoms with Crippen molar-refractivity contribution in [1.29, 1.82) is 0 Å². The lowest BCUT2D eigenvalue weighted by Crippen LogP contribution is -2.53. The zero-order chi connectivity index (χ0) is 12.1. The van der Waals surface area contributed by atoms with Gasteiger partial charge in [0.25, 0.3) is 11.8 Å². The summed E-state index contributed by atoms with van der Waals surface area (Å²) in [6.07, 6.45) is 1.24. The molecule has 2 saturated heterocycles. The third-order valence-corrected chi connectivity index (χ3v) is 3.48. The van der Waals surface area contributed by atoms with Crippen molar-refractivity contribution in [2.75, 3.05) is 7.05 Å². The van der Waals surface area contributed by atoms with Crippen LogP contribution in [0.5, 0.6) is 0 Å². The number of rotatable bonds is 2. The SMILES string of the molecule is CNC1(C)C(=O)N2C(C)CC(C=O)N2C1=O. The lowest BCUT2D eigenvalue weighted by atomic mass is 9.99. The number of hydrogen-bond donors (Lipinski definition) is 1. The molecule has 0 saturated carbocycles. The average molecular weight is 225 g/mol. The monoisotopic (exact) mass is 225 g/mol. The van der Waals surface area contributed by atoms with Gasteiger partial charge in [-0.15, -0.1) is 0 Å². The van der Waals surface area contributed by atoms with Gasteiger partial charge in [-0.2, -0.15) is 0 Å². The van der Waals surface area contributed by atoms with Gasteiger partial charge in [-0.05, 0) is 27.3 Å². The van der Waals surface area contributed by atoms with E-state index in [0.717, 1.165) is 6.29 Å². The number of nitrogens with zero attached hydrogens (tertiary/aromatic N) is 2. The molecule has 2 amide bonds. The fourth-order valence-electron chi connectivity index (χ4n) is 2.34. The van der Waals surface area contributed by atoms with Crippen LogP contribution in [0.4, 0.5) is 0 Å². The van der Waals surface area contributed by atoms with Crippen LogP contribution in [0.25, 0.3) is 0 Å². The standard InChI is InChI=1S/C10H15N3O3/c1-6-4-7(5-14)13-9(16)10(2,11-3)8(15)12(6)13/h5-7,11H,4H2,1-3H3. The van der Waals surface area contributed by atoms with E-state index in [2.05, 4.69) is 5.32 Å². The second-order valence-corrected chi connectivity index (χ2v) is 4.46. The second-order valence-electron chi connectivity index (χ2n) is 4.46. The van der Waals surface area contributed by atoms with E-state index in [-0.39, 0.29) is 17.9 Å². The van der Waals surface area contributed by atoms with Crippen molar-refractivity contribution in [2.24, 2.45) is 0 Å². The van der Waals surface area contributed by atoms with Crippen LogP contribution in [0.3, 0.4) is 0 Å². The lowest BCUT2D eigenvalue weighted by molar-refractivity contribution is -0.148. The number of fused-ring (bicyclic) bond motifs is 1. The first-order chi connectivity index (χ1) is 7.47. The Bertz CT molecular complexity index is 370. The molecule has 16 heavy (non-hydrogen) atoms. The smallest absolute Gasteiger partial charge is 0.271 e. The van der Waals surface area contributed by atoms with E-state index in [1.807, 2.05) is 6.92 Å². The van der Waals surface area contributed by atoms with E-state index in [0.29, 0.717) is 6.42 Å². The number of nitrogens with one attached hydrogen (secondary N) is 1. The predicted octanol–water partition coefficient (Wildman–Crippen LogP) is -1.09. The summed E-state index contributed by atoms with van der Waals surface area (Å²) in [4.78, 5) is 35.1. The summed E-state index contributed by atoms with van der Waals surface area (Å²) >= 11 is 0. The molecule has 2 fully saturated rings. The molecule has 2 aliphatic rings. The van der Waals surface area contributed by atoms with Gasteiger partial charge in [0, 0.05) is 0 Å². The second kappa shape index (κ2) is 3.28. The Morgan fingerprint density at radius 1 is 1.38 bits per heavy atom. The number of hydrazine groups is 1. The minimum absolute atomic E-state index is 0.109. The van der Waals surface area contributed by atoms with E-state index in [9.17, 15) is 14.4 Å². The van der Waals surface area contributed by atoms with E-state index in [1.165, 1.54) is 10.0 Å². The van der Waals surface area contributed by atoms with Crippen molar-refractivity contribution >= 4 is 18.1 Å². The first-order valence-electron chi connectivity index (χ1n) is 5.28. The molecule has 1 N–H and O–H groups in total. The topological polar surface area (TPSA) is 69.7 Å². The van der Waals surface area contributed by atoms with Gasteiger partial charge in [0.1, 0.15) is 12.3 Å². The number of likely N-dealkylation sites (N-methyl/N-ethyl adjacent to an activating group) is 1. The number of hydrogen-bond acceptors (Lipinski definition) is 4. The van der Waals surface area contributed by atoms with Crippen LogP contribution in [0.15, 0.2) is 0 Å². The van der Waals surface area contributed by atoms with Crippen LogP contribution < -0.4 is 5.32 Å². The minimum atomic E-state index is -1.23. The molecule has 0 bridgehead atoms. The molecule has 0 aliphatic carbocycles. The Hall–Kier alpha value is -1.43. The molecule has 3 atom stereocenters. The first-order valence-corrected chi connectivity index (χ1v) is 5.28. The first kappa shape index (κ1) is 11.1. The van der Waals surface area contributed by atoms with Crippen molar-refractivity contribution in [3.05, 3.63) is 0 Å². The third-order valence-electron chi connectivity index (χ3n) is 3.48. The summed E-state index contributed by atoms with van der Waals surface area (Å²) in [5.74, 6) is -0.627. The molecule has 0 aromatic rings. The number of carbonyl (C=O) groups is 3. The van der Waals surface area contributed by atoms with Gasteiger partial charge in [0.2, 0.25) is 0 Å². The summed E-state index contributed by atoms with van der Waals surface area (Å²) in [6.45, 7) is 3.38. The molecule has 3 unspecified atom stereocenters. The van der Waals surface area contributed by atoms with Crippen molar-refractivity contribution in [3.63, 3.8) is 0 Å². The van der Waals surface area contributed by atoms with Crippen molar-refractivity contribution in [3.8, 4) is 0 Å². The van der Waals surface area contributed by atoms with Crippen LogP contribution in [0, 0.1) is 0 Å². The fraction of sp³-hybridized carbons (Fsp3) is 0.700. The van der Waals surface area contributed by atoms with Gasteiger partial charge in [0.05, 0.1) is 6.04 Å². The van der Waals surface area contributed by atoms with E-state index in [1.54, 1.807) is 14.0 Å². The van der Waals surface area contributed by atoms with Gasteiger partial charge < -0.3 is 4.79 Å². The molecular formula is C10H15N3O3. The molecule has 2 heterocycles. The van der Waals surface area contributed by atoms with Gasteiger partial charge in [-0.3, -0.25) is 14.9 Å². The highest BCUT2D eigenvalue weighted by molar-refractivity contribution is 6.14. The van der Waals surface area contributed by atoms with Crippen molar-refractivity contribution in [1.82, 2.24) is 15.3 Å². The molecule has 6 nitrogen and oxygen atoms in total. The molecule has 2 aliphatic heterocycles. The summed E-state index contributed by atoms with van der Waals surface area (Å²) in [5, 5.41) is 5.42. The largest absolute Gasteiger partial charge is 0.301 e. The lowest BCUT2D eigenvalue weighted by Gasteiger charge is -2.23. The molecular weight excluding hydrogens is 210 g/mol. The van der Waals surface area contributed by atoms with Gasteiger partial charge in [0.15, 0.2) is 5.54 Å². The molecule has 2 rings (SSSR count). The van der Waals surface area contributed by atoms with E-state index < -0.39 is 11.6 Å². The minimum Gasteiger partial charge on any atom is -0.301 e. The van der Waals surface area contributed by atoms with E-state index in [4.69, 9.17) is 0 Å². The maximum Gasteiger partial charge on any atom is 0.271 e. The molecule has 88 valence electrons. The quantitative estimate of drug-likeness (QED) is 0.479. The van der Waals surface area contributed by atoms with Gasteiger partial charge in [-0.25, -0.2) is 10.0 Å². The fourth-order valence-corrected chi connectivity index (χ4v) is 2.34.